The second-order valence-electron chi connectivity index (χ2n) is 6.63. The molecule has 0 bridgehead atoms. The standard InChI is InChI=1S/C18H11F7.C2H6/c1-8-3-5-10-11-6-4-9(2)13-14(11)15(12(10)7-8,18(23,24)25)17(21,22)16(13,19)20;1-2/h3-7H,1-2H3;1-2H3. The summed E-state index contributed by atoms with van der Waals surface area (Å²) in [7, 11) is 0. The Bertz CT molecular complexity index is 925. The van der Waals surface area contributed by atoms with Crippen molar-refractivity contribution in [2.24, 2.45) is 0 Å². The molecule has 7 heteroatoms. The highest BCUT2D eigenvalue weighted by atomic mass is 19.4. The highest BCUT2D eigenvalue weighted by Crippen LogP contribution is 2.74. The molecule has 0 amide bonds. The third kappa shape index (κ3) is 1.95. The minimum absolute atomic E-state index is 0.0747. The minimum Gasteiger partial charge on any atom is -0.198 e. The van der Waals surface area contributed by atoms with E-state index in [1.165, 1.54) is 31.2 Å². The average Bonchev–Trinajstić information content (AvgIpc) is 2.93. The Balaban J connectivity index is 0.00000102. The summed E-state index contributed by atoms with van der Waals surface area (Å²) in [6.07, 6.45) is -5.59. The monoisotopic (exact) mass is 390 g/mol. The molecule has 2 aromatic carbocycles. The van der Waals surface area contributed by atoms with Crippen LogP contribution in [0.2, 0.25) is 0 Å². The summed E-state index contributed by atoms with van der Waals surface area (Å²) in [6.45, 7) is 6.56. The maximum Gasteiger partial charge on any atom is 0.408 e. The van der Waals surface area contributed by atoms with Gasteiger partial charge < -0.3 is 0 Å². The molecular formula is C20H17F7. The van der Waals surface area contributed by atoms with Crippen molar-refractivity contribution in [3.8, 4) is 11.1 Å². The number of fused-ring (bicyclic) bond motifs is 3. The molecular weight excluding hydrogens is 373 g/mol. The summed E-state index contributed by atoms with van der Waals surface area (Å²) in [5.74, 6) is -10.3. The molecule has 0 saturated heterocycles. The van der Waals surface area contributed by atoms with Crippen molar-refractivity contribution >= 4 is 0 Å². The van der Waals surface area contributed by atoms with E-state index in [-0.39, 0.29) is 16.7 Å². The molecule has 0 aromatic heterocycles. The molecule has 0 spiro atoms. The second kappa shape index (κ2) is 5.49. The fourth-order valence-electron chi connectivity index (χ4n) is 4.25. The third-order valence-corrected chi connectivity index (χ3v) is 5.26. The van der Waals surface area contributed by atoms with Crippen LogP contribution in [0.15, 0.2) is 30.3 Å². The Morgan fingerprint density at radius 3 is 1.89 bits per heavy atom. The van der Waals surface area contributed by atoms with Gasteiger partial charge in [0.1, 0.15) is 0 Å². The van der Waals surface area contributed by atoms with E-state index >= 15 is 0 Å². The molecule has 4 rings (SSSR count). The van der Waals surface area contributed by atoms with Gasteiger partial charge in [-0.1, -0.05) is 49.7 Å². The van der Waals surface area contributed by atoms with Crippen LogP contribution in [0.4, 0.5) is 30.7 Å². The normalized spacial score (nSPS) is 23.4. The topological polar surface area (TPSA) is 0 Å². The van der Waals surface area contributed by atoms with Crippen molar-refractivity contribution in [3.05, 3.63) is 58.1 Å². The Kier molecular flexibility index (Phi) is 4.00. The van der Waals surface area contributed by atoms with E-state index in [9.17, 15) is 30.7 Å². The van der Waals surface area contributed by atoms with Gasteiger partial charge in [-0.3, -0.25) is 0 Å². The third-order valence-electron chi connectivity index (χ3n) is 5.26. The van der Waals surface area contributed by atoms with Crippen molar-refractivity contribution < 1.29 is 30.7 Å². The summed E-state index contributed by atoms with van der Waals surface area (Å²) in [4.78, 5) is 0. The number of rotatable bonds is 0. The van der Waals surface area contributed by atoms with E-state index in [1.807, 2.05) is 13.8 Å². The first-order valence-corrected chi connectivity index (χ1v) is 8.47. The Morgan fingerprint density at radius 1 is 0.778 bits per heavy atom. The van der Waals surface area contributed by atoms with Gasteiger partial charge >= 0.3 is 18.0 Å². The van der Waals surface area contributed by atoms with Crippen molar-refractivity contribution in [1.29, 1.82) is 0 Å². The maximum absolute atomic E-state index is 14.9. The van der Waals surface area contributed by atoms with Gasteiger partial charge in [0.25, 0.3) is 0 Å². The Morgan fingerprint density at radius 2 is 1.33 bits per heavy atom. The van der Waals surface area contributed by atoms with Gasteiger partial charge in [0.15, 0.2) is 5.41 Å². The molecule has 2 aliphatic rings. The van der Waals surface area contributed by atoms with Gasteiger partial charge in [0.05, 0.1) is 0 Å². The summed E-state index contributed by atoms with van der Waals surface area (Å²) in [5, 5.41) is 0. The van der Waals surface area contributed by atoms with Crippen LogP contribution in [-0.4, -0.2) is 12.1 Å². The minimum atomic E-state index is -5.59. The van der Waals surface area contributed by atoms with E-state index < -0.39 is 40.1 Å². The van der Waals surface area contributed by atoms with Crippen LogP contribution in [0.25, 0.3) is 11.1 Å². The number of halogens is 7. The van der Waals surface area contributed by atoms with E-state index in [0.29, 0.717) is 5.56 Å². The van der Waals surface area contributed by atoms with E-state index in [1.54, 1.807) is 0 Å². The molecule has 0 radical (unpaired) electrons. The van der Waals surface area contributed by atoms with Gasteiger partial charge in [-0.25, -0.2) is 0 Å². The Hall–Kier alpha value is -2.05. The maximum atomic E-state index is 14.9. The second-order valence-corrected chi connectivity index (χ2v) is 6.63. The van der Waals surface area contributed by atoms with Crippen LogP contribution >= 0.6 is 0 Å². The highest BCUT2D eigenvalue weighted by molar-refractivity contribution is 5.87. The van der Waals surface area contributed by atoms with Crippen LogP contribution in [-0.2, 0) is 11.3 Å². The van der Waals surface area contributed by atoms with Crippen molar-refractivity contribution in [2.45, 2.75) is 51.1 Å². The van der Waals surface area contributed by atoms with Crippen molar-refractivity contribution in [2.75, 3.05) is 0 Å². The molecule has 0 nitrogen and oxygen atoms in total. The first-order chi connectivity index (χ1) is 12.4. The fourth-order valence-corrected chi connectivity index (χ4v) is 4.25. The predicted molar refractivity (Wildman–Crippen MR) is 88.4 cm³/mol. The molecule has 146 valence electrons. The van der Waals surface area contributed by atoms with Gasteiger partial charge in [0.2, 0.25) is 0 Å². The molecule has 0 N–H and O–H groups in total. The number of hydrogen-bond acceptors (Lipinski definition) is 0. The van der Waals surface area contributed by atoms with Crippen LogP contribution in [0.1, 0.15) is 41.7 Å². The summed E-state index contributed by atoms with van der Waals surface area (Å²) >= 11 is 0. The molecule has 0 fully saturated rings. The zero-order chi connectivity index (χ0) is 20.6. The summed E-state index contributed by atoms with van der Waals surface area (Å²) in [6, 6.07) is 6.09. The predicted octanol–water partition coefficient (Wildman–Crippen LogP) is 6.90. The summed E-state index contributed by atoms with van der Waals surface area (Å²) in [5.41, 5.74) is -7.32. The first-order valence-electron chi connectivity index (χ1n) is 8.47. The largest absolute Gasteiger partial charge is 0.408 e. The first kappa shape index (κ1) is 19.7. The lowest BCUT2D eigenvalue weighted by atomic mass is 9.75. The zero-order valence-electron chi connectivity index (χ0n) is 15.0. The molecule has 1 unspecified atom stereocenters. The van der Waals surface area contributed by atoms with E-state index in [0.717, 1.165) is 13.0 Å². The quantitative estimate of drug-likeness (QED) is 0.429. The molecule has 0 aliphatic heterocycles. The smallest absolute Gasteiger partial charge is 0.198 e. The van der Waals surface area contributed by atoms with Crippen molar-refractivity contribution in [1.82, 2.24) is 0 Å². The van der Waals surface area contributed by atoms with E-state index in [4.69, 9.17) is 0 Å². The Labute approximate surface area is 152 Å². The lowest BCUT2D eigenvalue weighted by Gasteiger charge is -2.37. The average molecular weight is 390 g/mol. The van der Waals surface area contributed by atoms with Crippen molar-refractivity contribution in [3.63, 3.8) is 0 Å². The lowest BCUT2D eigenvalue weighted by Crippen LogP contribution is -2.57. The van der Waals surface area contributed by atoms with Gasteiger partial charge in [-0.2, -0.15) is 30.7 Å². The lowest BCUT2D eigenvalue weighted by molar-refractivity contribution is -0.298. The van der Waals surface area contributed by atoms with Crippen LogP contribution < -0.4 is 0 Å². The molecule has 2 aromatic rings. The van der Waals surface area contributed by atoms with Gasteiger partial charge in [-0.15, -0.1) is 0 Å². The van der Waals surface area contributed by atoms with E-state index in [2.05, 4.69) is 0 Å². The number of benzene rings is 2. The fraction of sp³-hybridized carbons (Fsp3) is 0.400. The zero-order valence-corrected chi connectivity index (χ0v) is 15.0. The van der Waals surface area contributed by atoms with Crippen LogP contribution in [0, 0.1) is 13.8 Å². The molecule has 2 aliphatic carbocycles. The van der Waals surface area contributed by atoms with Gasteiger partial charge in [0, 0.05) is 5.56 Å². The highest BCUT2D eigenvalue weighted by Gasteiger charge is 2.87. The molecule has 1 atom stereocenters. The molecule has 27 heavy (non-hydrogen) atoms. The number of hydrogen-bond donors (Lipinski definition) is 0. The van der Waals surface area contributed by atoms with Crippen LogP contribution in [0.3, 0.4) is 0 Å². The van der Waals surface area contributed by atoms with Crippen LogP contribution in [0.5, 0.6) is 0 Å². The van der Waals surface area contributed by atoms with Gasteiger partial charge in [-0.05, 0) is 41.7 Å². The molecule has 0 heterocycles. The number of alkyl halides is 7. The summed E-state index contributed by atoms with van der Waals surface area (Å²) < 4.78 is 101. The molecule has 0 saturated carbocycles. The SMILES string of the molecule is CC.Cc1ccc2c(c1)C1(C(F)(F)F)c3c-2ccc(C)c3C(F)(F)C1(F)F. The number of aryl methyl sites for hydroxylation is 2.